The van der Waals surface area contributed by atoms with Gasteiger partial charge in [0.25, 0.3) is 11.5 Å². The van der Waals surface area contributed by atoms with Gasteiger partial charge in [0.15, 0.2) is 0 Å². The molecule has 130 valence electrons. The monoisotopic (exact) mass is 323 g/mol. The number of carbonyl (C=O) groups is 1. The first-order valence-electron chi connectivity index (χ1n) is 8.23. The van der Waals surface area contributed by atoms with Gasteiger partial charge in [-0.3, -0.25) is 9.59 Å². The zero-order valence-electron chi connectivity index (χ0n) is 14.8. The van der Waals surface area contributed by atoms with E-state index >= 15 is 0 Å². The molecule has 0 radical (unpaired) electrons. The number of nitrogens with one attached hydrogen (secondary N) is 1. The molecule has 0 aliphatic heterocycles. The second-order valence-corrected chi connectivity index (χ2v) is 6.99. The lowest BCUT2D eigenvalue weighted by molar-refractivity contribution is 0.0137. The molecule has 6 nitrogen and oxygen atoms in total. The molecule has 0 aromatic carbocycles. The van der Waals surface area contributed by atoms with Gasteiger partial charge in [-0.05, 0) is 18.4 Å². The Morgan fingerprint density at radius 2 is 2.04 bits per heavy atom. The van der Waals surface area contributed by atoms with Crippen LogP contribution in [0.1, 0.15) is 57.9 Å². The highest BCUT2D eigenvalue weighted by Gasteiger charge is 2.30. The fourth-order valence-corrected chi connectivity index (χ4v) is 2.44. The fraction of sp³-hybridized carbons (Fsp3) is 0.706. The number of unbranched alkanes of at least 4 members (excludes halogenated alkanes) is 1. The molecule has 1 aromatic rings. The van der Waals surface area contributed by atoms with Crippen molar-refractivity contribution in [3.05, 3.63) is 28.2 Å². The summed E-state index contributed by atoms with van der Waals surface area (Å²) >= 11 is 0. The molecular weight excluding hydrogens is 294 g/mol. The van der Waals surface area contributed by atoms with Crippen molar-refractivity contribution in [1.29, 1.82) is 0 Å². The molecule has 1 rings (SSSR count). The third kappa shape index (κ3) is 5.46. The van der Waals surface area contributed by atoms with Crippen molar-refractivity contribution in [1.82, 2.24) is 15.1 Å². The Bertz CT molecular complexity index is 579. The highest BCUT2D eigenvalue weighted by molar-refractivity contribution is 5.92. The average Bonchev–Trinajstić information content (AvgIpc) is 2.51. The Labute approximate surface area is 137 Å². The standard InChI is InChI=1S/C17H29N3O3/c1-6-7-10-20-14(21)9-8-13(19-20)16(23)18-11-17(4,5)15(22)12(2)3/h8-9,12,15,22H,6-7,10-11H2,1-5H3,(H,18,23). The van der Waals surface area contributed by atoms with E-state index in [0.29, 0.717) is 13.1 Å². The Balaban J connectivity index is 2.77. The van der Waals surface area contributed by atoms with E-state index in [-0.39, 0.29) is 23.1 Å². The van der Waals surface area contributed by atoms with Gasteiger partial charge in [-0.25, -0.2) is 4.68 Å². The van der Waals surface area contributed by atoms with Crippen LogP contribution in [0.25, 0.3) is 0 Å². The van der Waals surface area contributed by atoms with E-state index in [2.05, 4.69) is 10.4 Å². The molecule has 0 saturated carbocycles. The van der Waals surface area contributed by atoms with Crippen molar-refractivity contribution in [3.63, 3.8) is 0 Å². The van der Waals surface area contributed by atoms with Crippen LogP contribution in [-0.4, -0.2) is 33.4 Å². The highest BCUT2D eigenvalue weighted by Crippen LogP contribution is 2.25. The minimum absolute atomic E-state index is 0.107. The van der Waals surface area contributed by atoms with Crippen molar-refractivity contribution in [2.45, 2.75) is 60.1 Å². The molecule has 2 N–H and O–H groups in total. The molecule has 0 aliphatic rings. The Kier molecular flexibility index (Phi) is 6.94. The lowest BCUT2D eigenvalue weighted by Gasteiger charge is -2.33. The minimum Gasteiger partial charge on any atom is -0.392 e. The van der Waals surface area contributed by atoms with E-state index in [1.54, 1.807) is 0 Å². The predicted octanol–water partition coefficient (Wildman–Crippen LogP) is 1.82. The number of nitrogens with zero attached hydrogens (tertiary/aromatic N) is 2. The summed E-state index contributed by atoms with van der Waals surface area (Å²) in [4.78, 5) is 24.0. The normalized spacial score (nSPS) is 13.2. The van der Waals surface area contributed by atoms with Gasteiger partial charge in [-0.15, -0.1) is 0 Å². The third-order valence-corrected chi connectivity index (χ3v) is 3.96. The van der Waals surface area contributed by atoms with Crippen LogP contribution in [0.3, 0.4) is 0 Å². The molecule has 1 aromatic heterocycles. The zero-order valence-corrected chi connectivity index (χ0v) is 14.8. The first-order chi connectivity index (χ1) is 10.7. The fourth-order valence-electron chi connectivity index (χ4n) is 2.44. The zero-order chi connectivity index (χ0) is 17.6. The summed E-state index contributed by atoms with van der Waals surface area (Å²) in [6.45, 7) is 10.6. The molecule has 23 heavy (non-hydrogen) atoms. The first kappa shape index (κ1) is 19.4. The smallest absolute Gasteiger partial charge is 0.271 e. The van der Waals surface area contributed by atoms with Crippen LogP contribution >= 0.6 is 0 Å². The molecule has 6 heteroatoms. The quantitative estimate of drug-likeness (QED) is 0.764. The topological polar surface area (TPSA) is 84.2 Å². The van der Waals surface area contributed by atoms with Gasteiger partial charge in [0.1, 0.15) is 5.69 Å². The van der Waals surface area contributed by atoms with Gasteiger partial charge in [-0.1, -0.05) is 41.0 Å². The number of hydrogen-bond acceptors (Lipinski definition) is 4. The number of rotatable bonds is 8. The Hall–Kier alpha value is -1.69. The van der Waals surface area contributed by atoms with Gasteiger partial charge >= 0.3 is 0 Å². The van der Waals surface area contributed by atoms with Crippen LogP contribution in [0.5, 0.6) is 0 Å². The number of amides is 1. The van der Waals surface area contributed by atoms with Crippen LogP contribution in [0.2, 0.25) is 0 Å². The number of aliphatic hydroxyl groups excluding tert-OH is 1. The van der Waals surface area contributed by atoms with Crippen LogP contribution in [0.15, 0.2) is 16.9 Å². The van der Waals surface area contributed by atoms with Crippen molar-refractivity contribution in [3.8, 4) is 0 Å². The summed E-state index contributed by atoms with van der Waals surface area (Å²) in [6, 6.07) is 2.80. The molecule has 1 heterocycles. The second-order valence-electron chi connectivity index (χ2n) is 6.99. The van der Waals surface area contributed by atoms with Crippen molar-refractivity contribution >= 4 is 5.91 Å². The predicted molar refractivity (Wildman–Crippen MR) is 90.4 cm³/mol. The average molecular weight is 323 g/mol. The maximum atomic E-state index is 12.3. The number of hydrogen-bond donors (Lipinski definition) is 2. The molecule has 0 fully saturated rings. The summed E-state index contributed by atoms with van der Waals surface area (Å²) in [5.74, 6) is -0.227. The van der Waals surface area contributed by atoms with E-state index in [1.807, 2.05) is 34.6 Å². The van der Waals surface area contributed by atoms with Gasteiger partial charge < -0.3 is 10.4 Å². The van der Waals surface area contributed by atoms with Gasteiger partial charge in [-0.2, -0.15) is 5.10 Å². The number of aryl methyl sites for hydroxylation is 1. The summed E-state index contributed by atoms with van der Waals surface area (Å²) < 4.78 is 1.33. The molecule has 0 bridgehead atoms. The van der Waals surface area contributed by atoms with E-state index < -0.39 is 11.5 Å². The first-order valence-corrected chi connectivity index (χ1v) is 8.23. The second kappa shape index (κ2) is 8.24. The SMILES string of the molecule is CCCCn1nc(C(=O)NCC(C)(C)C(O)C(C)C)ccc1=O. The van der Waals surface area contributed by atoms with Crippen LogP contribution in [0, 0.1) is 11.3 Å². The van der Waals surface area contributed by atoms with Crippen molar-refractivity contribution in [2.24, 2.45) is 11.3 Å². The molecule has 0 saturated heterocycles. The minimum atomic E-state index is -0.519. The van der Waals surface area contributed by atoms with E-state index in [0.717, 1.165) is 12.8 Å². The van der Waals surface area contributed by atoms with Crippen LogP contribution in [0.4, 0.5) is 0 Å². The number of aliphatic hydroxyl groups is 1. The molecular formula is C17H29N3O3. The van der Waals surface area contributed by atoms with Crippen LogP contribution in [-0.2, 0) is 6.54 Å². The molecule has 1 unspecified atom stereocenters. The number of carbonyl (C=O) groups excluding carboxylic acids is 1. The summed E-state index contributed by atoms with van der Waals surface area (Å²) in [7, 11) is 0. The summed E-state index contributed by atoms with van der Waals surface area (Å²) in [6.07, 6.45) is 1.27. The lowest BCUT2D eigenvalue weighted by atomic mass is 9.80. The molecule has 0 aliphatic carbocycles. The van der Waals surface area contributed by atoms with E-state index in [9.17, 15) is 14.7 Å². The van der Waals surface area contributed by atoms with Crippen molar-refractivity contribution < 1.29 is 9.90 Å². The highest BCUT2D eigenvalue weighted by atomic mass is 16.3. The molecule has 1 atom stereocenters. The molecule has 1 amide bonds. The Morgan fingerprint density at radius 3 is 2.61 bits per heavy atom. The lowest BCUT2D eigenvalue weighted by Crippen LogP contribution is -2.44. The van der Waals surface area contributed by atoms with Gasteiger partial charge in [0.2, 0.25) is 0 Å². The van der Waals surface area contributed by atoms with Crippen molar-refractivity contribution in [2.75, 3.05) is 6.54 Å². The largest absolute Gasteiger partial charge is 0.392 e. The van der Waals surface area contributed by atoms with Crippen LogP contribution < -0.4 is 10.9 Å². The van der Waals surface area contributed by atoms with Gasteiger partial charge in [0.05, 0.1) is 6.10 Å². The van der Waals surface area contributed by atoms with E-state index in [1.165, 1.54) is 16.8 Å². The summed E-state index contributed by atoms with van der Waals surface area (Å²) in [5, 5.41) is 17.1. The summed E-state index contributed by atoms with van der Waals surface area (Å²) in [5.41, 5.74) is -0.429. The number of aromatic nitrogens is 2. The molecule has 0 spiro atoms. The van der Waals surface area contributed by atoms with E-state index in [4.69, 9.17) is 0 Å². The Morgan fingerprint density at radius 1 is 1.39 bits per heavy atom. The van der Waals surface area contributed by atoms with Gasteiger partial charge in [0, 0.05) is 24.6 Å². The maximum Gasteiger partial charge on any atom is 0.271 e. The third-order valence-electron chi connectivity index (χ3n) is 3.96. The maximum absolute atomic E-state index is 12.3.